The van der Waals surface area contributed by atoms with Crippen molar-refractivity contribution in [2.24, 2.45) is 0 Å². The number of nitrogens with two attached hydrogens (primary N) is 1. The van der Waals surface area contributed by atoms with E-state index in [1.54, 1.807) is 0 Å². The average molecular weight is 223 g/mol. The predicted molar refractivity (Wildman–Crippen MR) is 62.2 cm³/mol. The molecule has 2 N–H and O–H groups in total. The van der Waals surface area contributed by atoms with E-state index in [1.165, 1.54) is 11.3 Å². The van der Waals surface area contributed by atoms with Crippen LogP contribution in [-0.4, -0.2) is 15.6 Å². The van der Waals surface area contributed by atoms with Crippen LogP contribution < -0.4 is 10.5 Å². The Labute approximate surface area is 92.1 Å². The molecule has 0 aliphatic heterocycles. The van der Waals surface area contributed by atoms with Gasteiger partial charge in [-0.25, -0.2) is 4.98 Å². The van der Waals surface area contributed by atoms with Gasteiger partial charge in [-0.3, -0.25) is 0 Å². The number of hydrogen-bond acceptors (Lipinski definition) is 5. The summed E-state index contributed by atoms with van der Waals surface area (Å²) in [5.74, 6) is 0.815. The van der Waals surface area contributed by atoms with Crippen LogP contribution >= 0.6 is 11.3 Å². The predicted octanol–water partition coefficient (Wildman–Crippen LogP) is 2.45. The van der Waals surface area contributed by atoms with Gasteiger partial charge in [0.15, 0.2) is 0 Å². The van der Waals surface area contributed by atoms with E-state index in [-0.39, 0.29) is 11.5 Å². The van der Waals surface area contributed by atoms with E-state index in [1.807, 2.05) is 32.2 Å². The van der Waals surface area contributed by atoms with Crippen molar-refractivity contribution >= 4 is 27.5 Å². The summed E-state index contributed by atoms with van der Waals surface area (Å²) in [6.45, 7) is 5.93. The number of anilines is 1. The van der Waals surface area contributed by atoms with Crippen molar-refractivity contribution in [3.63, 3.8) is 0 Å². The van der Waals surface area contributed by atoms with Gasteiger partial charge in [-0.2, -0.15) is 4.98 Å². The van der Waals surface area contributed by atoms with Gasteiger partial charge in [0.2, 0.25) is 11.8 Å². The molecular formula is C10H13N3OS. The second-order valence-electron chi connectivity index (χ2n) is 4.24. The van der Waals surface area contributed by atoms with E-state index in [9.17, 15) is 0 Å². The Hall–Kier alpha value is -1.36. The van der Waals surface area contributed by atoms with Gasteiger partial charge in [-0.05, 0) is 32.2 Å². The molecule has 0 saturated carbocycles. The SMILES string of the molecule is CC(C)(C)Oc1nc(N)nc2sccc12. The van der Waals surface area contributed by atoms with Crippen molar-refractivity contribution in [2.75, 3.05) is 5.73 Å². The van der Waals surface area contributed by atoms with Crippen LogP contribution in [0.15, 0.2) is 11.4 Å². The molecule has 15 heavy (non-hydrogen) atoms. The van der Waals surface area contributed by atoms with Gasteiger partial charge in [-0.15, -0.1) is 11.3 Å². The highest BCUT2D eigenvalue weighted by Gasteiger charge is 2.16. The van der Waals surface area contributed by atoms with Crippen molar-refractivity contribution in [3.8, 4) is 5.88 Å². The molecule has 0 amide bonds. The van der Waals surface area contributed by atoms with Crippen LogP contribution in [0.2, 0.25) is 0 Å². The molecule has 0 fully saturated rings. The maximum absolute atomic E-state index is 5.73. The summed E-state index contributed by atoms with van der Waals surface area (Å²) in [7, 11) is 0. The summed E-state index contributed by atoms with van der Waals surface area (Å²) in [5, 5.41) is 2.87. The molecule has 2 rings (SSSR count). The minimum Gasteiger partial charge on any atom is -0.471 e. The van der Waals surface area contributed by atoms with Gasteiger partial charge >= 0.3 is 0 Å². The Morgan fingerprint density at radius 2 is 2.07 bits per heavy atom. The highest BCUT2D eigenvalue weighted by atomic mass is 32.1. The normalized spacial score (nSPS) is 11.9. The molecule has 2 aromatic heterocycles. The first-order valence-corrected chi connectivity index (χ1v) is 5.53. The van der Waals surface area contributed by atoms with Gasteiger partial charge in [0.25, 0.3) is 0 Å². The summed E-state index contributed by atoms with van der Waals surface area (Å²) in [4.78, 5) is 9.10. The Kier molecular flexibility index (Phi) is 2.26. The number of rotatable bonds is 1. The van der Waals surface area contributed by atoms with Crippen molar-refractivity contribution in [2.45, 2.75) is 26.4 Å². The number of ether oxygens (including phenoxy) is 1. The molecule has 0 atom stereocenters. The molecule has 0 aliphatic rings. The van der Waals surface area contributed by atoms with Crippen LogP contribution in [0.1, 0.15) is 20.8 Å². The topological polar surface area (TPSA) is 61.0 Å². The first kappa shape index (κ1) is 10.2. The third-order valence-electron chi connectivity index (χ3n) is 1.71. The quantitative estimate of drug-likeness (QED) is 0.806. The van der Waals surface area contributed by atoms with E-state index in [4.69, 9.17) is 10.5 Å². The molecule has 4 nitrogen and oxygen atoms in total. The lowest BCUT2D eigenvalue weighted by Crippen LogP contribution is -2.23. The zero-order valence-electron chi connectivity index (χ0n) is 8.94. The number of nitrogen functional groups attached to an aromatic ring is 1. The molecule has 0 radical (unpaired) electrons. The Bertz CT molecular complexity index is 487. The third kappa shape index (κ3) is 2.18. The zero-order chi connectivity index (χ0) is 11.1. The maximum Gasteiger partial charge on any atom is 0.227 e. The molecule has 0 aliphatic carbocycles. The largest absolute Gasteiger partial charge is 0.471 e. The lowest BCUT2D eigenvalue weighted by molar-refractivity contribution is 0.126. The summed E-state index contributed by atoms with van der Waals surface area (Å²) in [6, 6.07) is 1.94. The van der Waals surface area contributed by atoms with Gasteiger partial charge in [-0.1, -0.05) is 0 Å². The van der Waals surface area contributed by atoms with Crippen LogP contribution in [0, 0.1) is 0 Å². The fourth-order valence-corrected chi connectivity index (χ4v) is 1.97. The third-order valence-corrected chi connectivity index (χ3v) is 2.52. The number of hydrogen-bond donors (Lipinski definition) is 1. The smallest absolute Gasteiger partial charge is 0.227 e. The minimum atomic E-state index is -0.282. The van der Waals surface area contributed by atoms with E-state index in [2.05, 4.69) is 9.97 Å². The number of fused-ring (bicyclic) bond motifs is 1. The van der Waals surface area contributed by atoms with Crippen LogP contribution in [0.25, 0.3) is 10.2 Å². The fraction of sp³-hybridized carbons (Fsp3) is 0.400. The molecule has 0 saturated heterocycles. The standard InChI is InChI=1S/C10H13N3OS/c1-10(2,3)14-7-6-4-5-15-8(6)13-9(11)12-7/h4-5H,1-3H3,(H2,11,12,13). The molecular weight excluding hydrogens is 210 g/mol. The summed E-state index contributed by atoms with van der Waals surface area (Å²) < 4.78 is 5.73. The van der Waals surface area contributed by atoms with E-state index in [0.29, 0.717) is 5.88 Å². The fourth-order valence-electron chi connectivity index (χ4n) is 1.21. The van der Waals surface area contributed by atoms with Crippen molar-refractivity contribution < 1.29 is 4.74 Å². The molecule has 0 unspecified atom stereocenters. The zero-order valence-corrected chi connectivity index (χ0v) is 9.76. The lowest BCUT2D eigenvalue weighted by Gasteiger charge is -2.20. The Morgan fingerprint density at radius 3 is 2.73 bits per heavy atom. The second kappa shape index (κ2) is 3.34. The Morgan fingerprint density at radius 1 is 1.33 bits per heavy atom. The molecule has 80 valence electrons. The maximum atomic E-state index is 5.73. The van der Waals surface area contributed by atoms with Crippen LogP contribution in [0.5, 0.6) is 5.88 Å². The monoisotopic (exact) mass is 223 g/mol. The van der Waals surface area contributed by atoms with Crippen LogP contribution in [0.4, 0.5) is 5.95 Å². The first-order chi connectivity index (χ1) is 6.96. The summed E-state index contributed by atoms with van der Waals surface area (Å²) in [6.07, 6.45) is 0. The van der Waals surface area contributed by atoms with Gasteiger partial charge in [0, 0.05) is 0 Å². The number of nitrogens with zero attached hydrogens (tertiary/aromatic N) is 2. The van der Waals surface area contributed by atoms with E-state index >= 15 is 0 Å². The van der Waals surface area contributed by atoms with Gasteiger partial charge in [0.05, 0.1) is 5.39 Å². The average Bonchev–Trinajstić information content (AvgIpc) is 2.48. The molecule has 2 aromatic rings. The van der Waals surface area contributed by atoms with Crippen LogP contribution in [-0.2, 0) is 0 Å². The Balaban J connectivity index is 2.53. The van der Waals surface area contributed by atoms with E-state index < -0.39 is 0 Å². The highest BCUT2D eigenvalue weighted by molar-refractivity contribution is 7.16. The molecule has 2 heterocycles. The minimum absolute atomic E-state index is 0.254. The number of aromatic nitrogens is 2. The summed E-state index contributed by atoms with van der Waals surface area (Å²) >= 11 is 1.53. The second-order valence-corrected chi connectivity index (χ2v) is 5.14. The van der Waals surface area contributed by atoms with Crippen molar-refractivity contribution in [1.82, 2.24) is 9.97 Å². The first-order valence-electron chi connectivity index (χ1n) is 4.65. The molecule has 5 heteroatoms. The molecule has 0 spiro atoms. The van der Waals surface area contributed by atoms with Crippen molar-refractivity contribution in [3.05, 3.63) is 11.4 Å². The molecule has 0 aromatic carbocycles. The number of thiophene rings is 1. The van der Waals surface area contributed by atoms with E-state index in [0.717, 1.165) is 10.2 Å². The lowest BCUT2D eigenvalue weighted by atomic mass is 10.2. The van der Waals surface area contributed by atoms with Gasteiger partial charge < -0.3 is 10.5 Å². The molecule has 0 bridgehead atoms. The van der Waals surface area contributed by atoms with Gasteiger partial charge in [0.1, 0.15) is 10.4 Å². The summed E-state index contributed by atoms with van der Waals surface area (Å²) in [5.41, 5.74) is 5.33. The van der Waals surface area contributed by atoms with Crippen molar-refractivity contribution in [1.29, 1.82) is 0 Å². The highest BCUT2D eigenvalue weighted by Crippen LogP contribution is 2.29. The van der Waals surface area contributed by atoms with Crippen LogP contribution in [0.3, 0.4) is 0 Å².